The van der Waals surface area contributed by atoms with Crippen LogP contribution in [-0.2, 0) is 27.9 Å². The third kappa shape index (κ3) is 55.2. The van der Waals surface area contributed by atoms with Crippen LogP contribution in [0.3, 0.4) is 0 Å². The molecule has 0 saturated carbocycles. The maximum atomic E-state index is 13.5. The number of quaternary nitrogens is 1. The van der Waals surface area contributed by atoms with Gasteiger partial charge in [-0.3, -0.25) is 14.2 Å². The van der Waals surface area contributed by atoms with Gasteiger partial charge in [-0.1, -0.05) is 252 Å². The number of rotatable bonds is 53. The van der Waals surface area contributed by atoms with Crippen LogP contribution in [0, 0.1) is 0 Å². The van der Waals surface area contributed by atoms with Crippen LogP contribution in [0.25, 0.3) is 0 Å². The van der Waals surface area contributed by atoms with Crippen LogP contribution in [0.1, 0.15) is 239 Å². The molecule has 0 heterocycles. The van der Waals surface area contributed by atoms with Crippen molar-refractivity contribution >= 4 is 19.7 Å². The minimum Gasteiger partial charge on any atom is -0.756 e. The van der Waals surface area contributed by atoms with E-state index in [1.807, 2.05) is 94.1 Å². The lowest BCUT2D eigenvalue weighted by molar-refractivity contribution is -0.870. The van der Waals surface area contributed by atoms with Gasteiger partial charge in [0.15, 0.2) is 0 Å². The summed E-state index contributed by atoms with van der Waals surface area (Å²) in [6.45, 7) is 6.62. The van der Waals surface area contributed by atoms with E-state index >= 15 is 0 Å². The van der Waals surface area contributed by atoms with Crippen LogP contribution in [0.4, 0.5) is 0 Å². The zero-order valence-electron chi connectivity index (χ0n) is 49.0. The van der Waals surface area contributed by atoms with Crippen LogP contribution < -0.4 is 10.2 Å². The summed E-state index contributed by atoms with van der Waals surface area (Å²) >= 11 is 0. The second-order valence-electron chi connectivity index (χ2n) is 21.3. The van der Waals surface area contributed by atoms with Gasteiger partial charge in [-0.05, 0) is 83.1 Å². The van der Waals surface area contributed by atoms with Gasteiger partial charge >= 0.3 is 5.97 Å². The lowest BCUT2D eigenvalue weighted by atomic mass is 10.0. The Morgan fingerprint density at radius 3 is 1.43 bits per heavy atom. The normalized spacial score (nSPS) is 14.5. The molecule has 0 saturated heterocycles. The number of hydrogen-bond donors (Lipinski definition) is 1. The molecule has 0 bridgehead atoms. The monoisotopic (exact) mass is 1060 g/mol. The number of ether oxygens (including phenoxy) is 1. The number of amides is 1. The quantitative estimate of drug-likeness (QED) is 0.0161. The van der Waals surface area contributed by atoms with E-state index in [0.29, 0.717) is 23.9 Å². The van der Waals surface area contributed by atoms with Crippen molar-refractivity contribution in [2.75, 3.05) is 40.9 Å². The van der Waals surface area contributed by atoms with Crippen molar-refractivity contribution in [1.82, 2.24) is 5.32 Å². The van der Waals surface area contributed by atoms with Crippen molar-refractivity contribution in [2.45, 2.75) is 251 Å². The molecule has 0 aromatic heterocycles. The largest absolute Gasteiger partial charge is 0.756 e. The molecule has 75 heavy (non-hydrogen) atoms. The summed E-state index contributed by atoms with van der Waals surface area (Å²) in [7, 11) is 1.14. The van der Waals surface area contributed by atoms with Crippen molar-refractivity contribution in [2.24, 2.45) is 0 Å². The summed E-state index contributed by atoms with van der Waals surface area (Å²) in [5, 5.41) is 3.01. The molecule has 3 unspecified atom stereocenters. The maximum absolute atomic E-state index is 13.5. The van der Waals surface area contributed by atoms with Crippen LogP contribution in [-0.4, -0.2) is 69.4 Å². The first-order valence-corrected chi connectivity index (χ1v) is 31.7. The molecule has 0 aliphatic heterocycles. The van der Waals surface area contributed by atoms with E-state index in [9.17, 15) is 19.0 Å². The highest BCUT2D eigenvalue weighted by molar-refractivity contribution is 7.45. The molecule has 10 heteroatoms. The number of nitrogens with zero attached hydrogens (tertiary/aromatic N) is 1. The van der Waals surface area contributed by atoms with E-state index < -0.39 is 26.6 Å². The summed E-state index contributed by atoms with van der Waals surface area (Å²) in [6, 6.07) is -0.914. The molecule has 1 amide bonds. The standard InChI is InChI=1S/C65H113N2O7P/c1-7-10-13-16-19-22-25-27-29-31-32-33-34-36-37-39-42-45-48-51-54-57-64(68)66-62(61-73-75(70,71)72-60-59-67(4,5)6)63(56-53-50-47-44-41-24-21-18-15-12-9-3)74-65(69)58-55-52-49-46-43-40-38-35-30-28-26-23-20-17-14-11-8-2/h11,14,17,19-20,22-23,26-30,35,38,40,43,53,56,62-63H,7-10,12-13,15-16,18,21,24-25,31-34,36-37,39,41-42,44-52,54-55,57-61H2,1-6H3,(H-,66,68,70,71)/b14-11-,20-17+,22-19-,26-23+,29-27-,30-28-,38-35+,43-40+,56-53-. The SMILES string of the molecule is CC\C=C/C=C/C=C/C=C\C=C\C=C\CCCCCC(=O)OC(/C=C\CCCCCCCCCCC)C(COP(=O)([O-])OCC[N+](C)(C)C)NC(=O)CCCCCCCCCCCCC/C=C\C/C=C\CCCCC. The van der Waals surface area contributed by atoms with Gasteiger partial charge in [-0.2, -0.15) is 0 Å². The van der Waals surface area contributed by atoms with Gasteiger partial charge in [0.25, 0.3) is 7.82 Å². The number of carbonyl (C=O) groups excluding carboxylic acids is 2. The van der Waals surface area contributed by atoms with Crippen LogP contribution in [0.5, 0.6) is 0 Å². The molecular formula is C65H113N2O7P. The molecule has 430 valence electrons. The summed E-state index contributed by atoms with van der Waals surface area (Å²) in [6.07, 6.45) is 73.4. The van der Waals surface area contributed by atoms with E-state index in [-0.39, 0.29) is 24.9 Å². The molecule has 0 aliphatic carbocycles. The van der Waals surface area contributed by atoms with Gasteiger partial charge < -0.3 is 28.5 Å². The second kappa shape index (κ2) is 54.0. The highest BCUT2D eigenvalue weighted by atomic mass is 31.2. The molecule has 9 nitrogen and oxygen atoms in total. The minimum atomic E-state index is -4.71. The summed E-state index contributed by atoms with van der Waals surface area (Å²) < 4.78 is 30.2. The van der Waals surface area contributed by atoms with Gasteiger partial charge in [0, 0.05) is 12.8 Å². The Morgan fingerprint density at radius 2 is 0.907 bits per heavy atom. The van der Waals surface area contributed by atoms with E-state index in [4.69, 9.17) is 13.8 Å². The molecule has 0 aromatic rings. The smallest absolute Gasteiger partial charge is 0.306 e. The van der Waals surface area contributed by atoms with Gasteiger partial charge in [0.2, 0.25) is 5.91 Å². The van der Waals surface area contributed by atoms with Gasteiger partial charge in [-0.15, -0.1) is 0 Å². The molecule has 0 rings (SSSR count). The Hall–Kier alpha value is -3.33. The molecule has 3 atom stereocenters. The molecule has 0 radical (unpaired) electrons. The number of carbonyl (C=O) groups is 2. The van der Waals surface area contributed by atoms with Crippen LogP contribution in [0.15, 0.2) is 109 Å². The third-order valence-electron chi connectivity index (χ3n) is 12.8. The Bertz CT molecular complexity index is 1650. The fourth-order valence-electron chi connectivity index (χ4n) is 8.17. The number of allylic oxidation sites excluding steroid dienone is 17. The number of likely N-dealkylation sites (N-methyl/N-ethyl adjacent to an activating group) is 1. The maximum Gasteiger partial charge on any atom is 0.306 e. The van der Waals surface area contributed by atoms with E-state index in [0.717, 1.165) is 77.0 Å². The number of unbranched alkanes of at least 4 members (excludes halogenated alkanes) is 26. The average molecular weight is 1070 g/mol. The minimum absolute atomic E-state index is 0.0358. The average Bonchev–Trinajstić information content (AvgIpc) is 3.37. The van der Waals surface area contributed by atoms with Crippen molar-refractivity contribution in [3.63, 3.8) is 0 Å². The second-order valence-corrected chi connectivity index (χ2v) is 22.7. The fraction of sp³-hybridized carbons (Fsp3) is 0.692. The summed E-state index contributed by atoms with van der Waals surface area (Å²) in [5.41, 5.74) is 0. The Labute approximate surface area is 461 Å². The predicted octanol–water partition coefficient (Wildman–Crippen LogP) is 17.9. The molecule has 1 N–H and O–H groups in total. The Morgan fingerprint density at radius 1 is 0.493 bits per heavy atom. The first-order chi connectivity index (χ1) is 36.4. The van der Waals surface area contributed by atoms with E-state index in [2.05, 4.69) is 62.5 Å². The summed E-state index contributed by atoms with van der Waals surface area (Å²) in [5.74, 6) is -0.600. The number of nitrogens with one attached hydrogen (secondary N) is 1. The number of hydrogen-bond acceptors (Lipinski definition) is 7. The van der Waals surface area contributed by atoms with Crippen LogP contribution in [0.2, 0.25) is 0 Å². The molecular weight excluding hydrogens is 952 g/mol. The van der Waals surface area contributed by atoms with Crippen molar-refractivity contribution in [3.8, 4) is 0 Å². The molecule has 0 spiro atoms. The number of phosphoric acid groups is 1. The third-order valence-corrected chi connectivity index (χ3v) is 13.8. The highest BCUT2D eigenvalue weighted by Crippen LogP contribution is 2.38. The van der Waals surface area contributed by atoms with Gasteiger partial charge in [0.1, 0.15) is 19.3 Å². The van der Waals surface area contributed by atoms with Crippen molar-refractivity contribution < 1.29 is 37.3 Å². The van der Waals surface area contributed by atoms with Crippen LogP contribution >= 0.6 is 7.82 Å². The molecule has 0 fully saturated rings. The Kier molecular flexibility index (Phi) is 51.6. The first kappa shape index (κ1) is 71.7. The van der Waals surface area contributed by atoms with E-state index in [1.54, 1.807) is 0 Å². The predicted molar refractivity (Wildman–Crippen MR) is 320 cm³/mol. The highest BCUT2D eigenvalue weighted by Gasteiger charge is 2.27. The number of esters is 1. The first-order valence-electron chi connectivity index (χ1n) is 30.3. The van der Waals surface area contributed by atoms with Gasteiger partial charge in [-0.25, -0.2) is 0 Å². The zero-order valence-corrected chi connectivity index (χ0v) is 49.9. The summed E-state index contributed by atoms with van der Waals surface area (Å²) in [4.78, 5) is 39.9. The number of phosphoric ester groups is 1. The zero-order chi connectivity index (χ0) is 55.0. The molecule has 0 aliphatic rings. The molecule has 0 aromatic carbocycles. The topological polar surface area (TPSA) is 114 Å². The lowest BCUT2D eigenvalue weighted by Crippen LogP contribution is -2.47. The fourth-order valence-corrected chi connectivity index (χ4v) is 8.89. The van der Waals surface area contributed by atoms with Gasteiger partial charge in [0.05, 0.1) is 33.8 Å². The van der Waals surface area contributed by atoms with E-state index in [1.165, 1.54) is 122 Å². The Balaban J connectivity index is 5.30. The van der Waals surface area contributed by atoms with Crippen molar-refractivity contribution in [3.05, 3.63) is 109 Å². The van der Waals surface area contributed by atoms with Crippen molar-refractivity contribution in [1.29, 1.82) is 0 Å². The lowest BCUT2D eigenvalue weighted by Gasteiger charge is -2.30.